The lowest BCUT2D eigenvalue weighted by Gasteiger charge is -2.23. The molecular formula is C13H27NO3. The van der Waals surface area contributed by atoms with Crippen molar-refractivity contribution in [3.63, 3.8) is 0 Å². The molecule has 0 aliphatic carbocycles. The van der Waals surface area contributed by atoms with Crippen LogP contribution < -0.4 is 5.32 Å². The highest BCUT2D eigenvalue weighted by Crippen LogP contribution is 2.13. The lowest BCUT2D eigenvalue weighted by molar-refractivity contribution is 0.0502. The summed E-state index contributed by atoms with van der Waals surface area (Å²) < 4.78 is 5.18. The molecule has 0 fully saturated rings. The van der Waals surface area contributed by atoms with Gasteiger partial charge in [0.25, 0.3) is 0 Å². The van der Waals surface area contributed by atoms with E-state index in [2.05, 4.69) is 12.2 Å². The van der Waals surface area contributed by atoms with E-state index in [0.29, 0.717) is 5.92 Å². The molecule has 102 valence electrons. The predicted octanol–water partition coefficient (Wildman–Crippen LogP) is 2.70. The monoisotopic (exact) mass is 245 g/mol. The molecule has 2 N–H and O–H groups in total. The summed E-state index contributed by atoms with van der Waals surface area (Å²) in [5, 5.41) is 11.6. The topological polar surface area (TPSA) is 58.6 Å². The van der Waals surface area contributed by atoms with Crippen LogP contribution in [-0.2, 0) is 4.74 Å². The number of hydrogen-bond acceptors (Lipinski definition) is 3. The van der Waals surface area contributed by atoms with Crippen LogP contribution in [0.3, 0.4) is 0 Å². The van der Waals surface area contributed by atoms with Gasteiger partial charge < -0.3 is 15.2 Å². The van der Waals surface area contributed by atoms with Gasteiger partial charge in [0, 0.05) is 12.6 Å². The molecule has 0 aliphatic heterocycles. The second kappa shape index (κ2) is 7.54. The molecular weight excluding hydrogens is 218 g/mol. The number of alkyl carbamates (subject to hydrolysis) is 1. The standard InChI is InChI=1S/C13H27NO3/c1-10(7-6-8-15)9-11(2)14-12(16)17-13(3,4)5/h10-11,15H,6-9H2,1-5H3,(H,14,16). The van der Waals surface area contributed by atoms with Gasteiger partial charge in [-0.15, -0.1) is 0 Å². The summed E-state index contributed by atoms with van der Waals surface area (Å²) in [7, 11) is 0. The van der Waals surface area contributed by atoms with E-state index < -0.39 is 5.60 Å². The molecule has 0 aromatic carbocycles. The van der Waals surface area contributed by atoms with Gasteiger partial charge in [0.2, 0.25) is 0 Å². The molecule has 0 bridgehead atoms. The van der Waals surface area contributed by atoms with Crippen LogP contribution in [0.2, 0.25) is 0 Å². The van der Waals surface area contributed by atoms with Crippen LogP contribution in [0.5, 0.6) is 0 Å². The second-order valence-electron chi connectivity index (χ2n) is 5.75. The van der Waals surface area contributed by atoms with E-state index in [0.717, 1.165) is 19.3 Å². The zero-order valence-corrected chi connectivity index (χ0v) is 11.7. The van der Waals surface area contributed by atoms with Gasteiger partial charge in [-0.05, 0) is 52.9 Å². The molecule has 0 saturated carbocycles. The minimum Gasteiger partial charge on any atom is -0.444 e. The summed E-state index contributed by atoms with van der Waals surface area (Å²) in [6.07, 6.45) is 2.34. The number of aliphatic hydroxyl groups excluding tert-OH is 1. The molecule has 0 radical (unpaired) electrons. The van der Waals surface area contributed by atoms with Gasteiger partial charge in [-0.25, -0.2) is 4.79 Å². The summed E-state index contributed by atoms with van der Waals surface area (Å²) >= 11 is 0. The molecule has 1 amide bonds. The summed E-state index contributed by atoms with van der Waals surface area (Å²) in [5.74, 6) is 0.493. The zero-order valence-electron chi connectivity index (χ0n) is 11.7. The van der Waals surface area contributed by atoms with E-state index in [1.54, 1.807) is 0 Å². The summed E-state index contributed by atoms with van der Waals surface area (Å²) in [6, 6.07) is 0.0959. The predicted molar refractivity (Wildman–Crippen MR) is 68.9 cm³/mol. The summed E-state index contributed by atoms with van der Waals surface area (Å²) in [4.78, 5) is 11.5. The van der Waals surface area contributed by atoms with Crippen molar-refractivity contribution >= 4 is 6.09 Å². The first-order chi connectivity index (χ1) is 7.74. The van der Waals surface area contributed by atoms with Gasteiger partial charge >= 0.3 is 6.09 Å². The number of rotatable bonds is 6. The van der Waals surface area contributed by atoms with E-state index in [9.17, 15) is 4.79 Å². The molecule has 0 saturated heterocycles. The number of hydrogen-bond donors (Lipinski definition) is 2. The van der Waals surface area contributed by atoms with Crippen molar-refractivity contribution in [1.29, 1.82) is 0 Å². The van der Waals surface area contributed by atoms with Gasteiger partial charge in [0.1, 0.15) is 5.60 Å². The fourth-order valence-electron chi connectivity index (χ4n) is 1.73. The number of ether oxygens (including phenoxy) is 1. The van der Waals surface area contributed by atoms with Gasteiger partial charge in [-0.3, -0.25) is 0 Å². The van der Waals surface area contributed by atoms with Crippen molar-refractivity contribution in [2.75, 3.05) is 6.61 Å². The maximum Gasteiger partial charge on any atom is 0.407 e. The van der Waals surface area contributed by atoms with Crippen molar-refractivity contribution in [3.8, 4) is 0 Å². The third-order valence-corrected chi connectivity index (χ3v) is 2.37. The average Bonchev–Trinajstić information content (AvgIpc) is 2.10. The van der Waals surface area contributed by atoms with E-state index >= 15 is 0 Å². The highest BCUT2D eigenvalue weighted by Gasteiger charge is 2.18. The Morgan fingerprint density at radius 1 is 1.35 bits per heavy atom. The fourth-order valence-corrected chi connectivity index (χ4v) is 1.73. The van der Waals surface area contributed by atoms with Crippen molar-refractivity contribution in [1.82, 2.24) is 5.32 Å². The Balaban J connectivity index is 3.85. The SMILES string of the molecule is CC(CCCO)CC(C)NC(=O)OC(C)(C)C. The molecule has 2 atom stereocenters. The quantitative estimate of drug-likeness (QED) is 0.756. The molecule has 2 unspecified atom stereocenters. The first-order valence-corrected chi connectivity index (χ1v) is 6.35. The maximum absolute atomic E-state index is 11.5. The Bertz CT molecular complexity index is 223. The summed E-state index contributed by atoms with van der Waals surface area (Å²) in [6.45, 7) is 9.88. The molecule has 0 aromatic rings. The van der Waals surface area contributed by atoms with Crippen molar-refractivity contribution in [2.24, 2.45) is 5.92 Å². The lowest BCUT2D eigenvalue weighted by Crippen LogP contribution is -2.38. The Labute approximate surface area is 105 Å². The van der Waals surface area contributed by atoms with E-state index in [1.807, 2.05) is 27.7 Å². The molecule has 0 aromatic heterocycles. The van der Waals surface area contributed by atoms with Crippen LogP contribution >= 0.6 is 0 Å². The third-order valence-electron chi connectivity index (χ3n) is 2.37. The van der Waals surface area contributed by atoms with Crippen molar-refractivity contribution in [2.45, 2.75) is 65.5 Å². The van der Waals surface area contributed by atoms with E-state index in [1.165, 1.54) is 0 Å². The molecule has 0 aliphatic rings. The van der Waals surface area contributed by atoms with Gasteiger partial charge in [-0.1, -0.05) is 6.92 Å². The minimum absolute atomic E-state index is 0.0959. The van der Waals surface area contributed by atoms with Gasteiger partial charge in [0.15, 0.2) is 0 Å². The van der Waals surface area contributed by atoms with Crippen LogP contribution in [0.1, 0.15) is 53.9 Å². The molecule has 0 rings (SSSR count). The fraction of sp³-hybridized carbons (Fsp3) is 0.923. The number of amides is 1. The average molecular weight is 245 g/mol. The minimum atomic E-state index is -0.452. The molecule has 17 heavy (non-hydrogen) atoms. The first kappa shape index (κ1) is 16.2. The van der Waals surface area contributed by atoms with Crippen LogP contribution in [0.4, 0.5) is 4.79 Å². The number of nitrogens with one attached hydrogen (secondary N) is 1. The van der Waals surface area contributed by atoms with Crippen LogP contribution in [0.25, 0.3) is 0 Å². The second-order valence-corrected chi connectivity index (χ2v) is 5.75. The van der Waals surface area contributed by atoms with E-state index in [-0.39, 0.29) is 18.7 Å². The largest absolute Gasteiger partial charge is 0.444 e. The van der Waals surface area contributed by atoms with Gasteiger partial charge in [0.05, 0.1) is 0 Å². The Morgan fingerprint density at radius 2 is 1.94 bits per heavy atom. The first-order valence-electron chi connectivity index (χ1n) is 6.35. The van der Waals surface area contributed by atoms with Crippen LogP contribution in [0.15, 0.2) is 0 Å². The molecule has 4 nitrogen and oxygen atoms in total. The van der Waals surface area contributed by atoms with Crippen molar-refractivity contribution in [3.05, 3.63) is 0 Å². The smallest absolute Gasteiger partial charge is 0.407 e. The number of aliphatic hydroxyl groups is 1. The highest BCUT2D eigenvalue weighted by molar-refractivity contribution is 5.67. The molecule has 0 spiro atoms. The third kappa shape index (κ3) is 10.1. The zero-order chi connectivity index (χ0) is 13.5. The number of carbonyl (C=O) groups is 1. The highest BCUT2D eigenvalue weighted by atomic mass is 16.6. The van der Waals surface area contributed by atoms with Gasteiger partial charge in [-0.2, -0.15) is 0 Å². The van der Waals surface area contributed by atoms with Crippen molar-refractivity contribution < 1.29 is 14.6 Å². The molecule has 0 heterocycles. The summed E-state index contributed by atoms with van der Waals surface area (Å²) in [5.41, 5.74) is -0.452. The van der Waals surface area contributed by atoms with Crippen LogP contribution in [0, 0.1) is 5.92 Å². The lowest BCUT2D eigenvalue weighted by atomic mass is 9.98. The Hall–Kier alpha value is -0.770. The normalized spacial score (nSPS) is 15.2. The van der Waals surface area contributed by atoms with E-state index in [4.69, 9.17) is 9.84 Å². The Kier molecular flexibility index (Phi) is 7.19. The Morgan fingerprint density at radius 3 is 2.41 bits per heavy atom. The van der Waals surface area contributed by atoms with Crippen LogP contribution in [-0.4, -0.2) is 29.4 Å². The maximum atomic E-state index is 11.5. The molecule has 4 heteroatoms. The number of carbonyl (C=O) groups excluding carboxylic acids is 1.